The maximum absolute atomic E-state index is 3.02. The molecule has 0 bridgehead atoms. The minimum atomic E-state index is 0.246. The lowest BCUT2D eigenvalue weighted by molar-refractivity contribution is 0.192. The van der Waals surface area contributed by atoms with E-state index in [4.69, 9.17) is 0 Å². The molecule has 11 heavy (non-hydrogen) atoms. The summed E-state index contributed by atoms with van der Waals surface area (Å²) in [5.74, 6) is 0. The van der Waals surface area contributed by atoms with Crippen molar-refractivity contribution >= 4 is 0 Å². The number of hydrogen-bond donors (Lipinski definition) is 1. The van der Waals surface area contributed by atoms with Gasteiger partial charge in [-0.05, 0) is 17.0 Å². The molecule has 1 nitrogen and oxygen atoms in total. The molecule has 0 spiro atoms. The molecule has 66 valence electrons. The van der Waals surface area contributed by atoms with E-state index in [0.29, 0.717) is 5.41 Å². The van der Waals surface area contributed by atoms with Crippen molar-refractivity contribution in [2.24, 2.45) is 10.8 Å². The molecule has 1 N–H and O–H groups in total. The molecule has 0 aliphatic heterocycles. The number of allylic oxidation sites excluding steroid dienone is 1. The lowest BCUT2D eigenvalue weighted by atomic mass is 9.69. The van der Waals surface area contributed by atoms with Crippen molar-refractivity contribution in [3.05, 3.63) is 12.3 Å². The number of rotatable bonds is 2. The van der Waals surface area contributed by atoms with Gasteiger partial charge in [0.1, 0.15) is 0 Å². The summed E-state index contributed by atoms with van der Waals surface area (Å²) in [5, 5.41) is 3.02. The Kier molecular flexibility index (Phi) is 3.15. The fourth-order valence-electron chi connectivity index (χ4n) is 0.542. The van der Waals surface area contributed by atoms with Crippen LogP contribution in [0.2, 0.25) is 0 Å². The van der Waals surface area contributed by atoms with Crippen molar-refractivity contribution in [2.75, 3.05) is 7.05 Å². The van der Waals surface area contributed by atoms with Crippen LogP contribution in [0.5, 0.6) is 0 Å². The maximum Gasteiger partial charge on any atom is 0.00276 e. The number of hydrogen-bond acceptors (Lipinski definition) is 1. The van der Waals surface area contributed by atoms with Crippen molar-refractivity contribution in [3.63, 3.8) is 0 Å². The molecule has 0 amide bonds. The van der Waals surface area contributed by atoms with Crippen LogP contribution in [-0.2, 0) is 0 Å². The van der Waals surface area contributed by atoms with Crippen LogP contribution in [0.4, 0.5) is 0 Å². The second kappa shape index (κ2) is 3.29. The SMILES string of the molecule is CN/C=C\C(C)(C)C(C)(C)C. The predicted molar refractivity (Wildman–Crippen MR) is 51.4 cm³/mol. The quantitative estimate of drug-likeness (QED) is 0.646. The van der Waals surface area contributed by atoms with Crippen LogP contribution in [-0.4, -0.2) is 7.05 Å². The predicted octanol–water partition coefficient (Wildman–Crippen LogP) is 2.79. The summed E-state index contributed by atoms with van der Waals surface area (Å²) in [5.41, 5.74) is 0.566. The van der Waals surface area contributed by atoms with Crippen LogP contribution >= 0.6 is 0 Å². The van der Waals surface area contributed by atoms with E-state index in [0.717, 1.165) is 0 Å². The largest absolute Gasteiger partial charge is 0.394 e. The van der Waals surface area contributed by atoms with Gasteiger partial charge in [-0.25, -0.2) is 0 Å². The van der Waals surface area contributed by atoms with Crippen molar-refractivity contribution in [3.8, 4) is 0 Å². The Bertz CT molecular complexity index is 137. The van der Waals surface area contributed by atoms with Gasteiger partial charge in [-0.1, -0.05) is 40.7 Å². The van der Waals surface area contributed by atoms with E-state index < -0.39 is 0 Å². The first-order valence-corrected chi connectivity index (χ1v) is 4.16. The van der Waals surface area contributed by atoms with Crippen molar-refractivity contribution in [2.45, 2.75) is 34.6 Å². The van der Waals surface area contributed by atoms with E-state index >= 15 is 0 Å². The van der Waals surface area contributed by atoms with Crippen molar-refractivity contribution < 1.29 is 0 Å². The van der Waals surface area contributed by atoms with Crippen molar-refractivity contribution in [1.82, 2.24) is 5.32 Å². The van der Waals surface area contributed by atoms with Gasteiger partial charge in [0.2, 0.25) is 0 Å². The monoisotopic (exact) mass is 155 g/mol. The highest BCUT2D eigenvalue weighted by molar-refractivity contribution is 4.99. The molecular formula is C10H21N. The first kappa shape index (κ1) is 10.5. The van der Waals surface area contributed by atoms with Crippen LogP contribution in [0.1, 0.15) is 34.6 Å². The van der Waals surface area contributed by atoms with Gasteiger partial charge in [0, 0.05) is 7.05 Å². The van der Waals surface area contributed by atoms with Crippen LogP contribution in [0.3, 0.4) is 0 Å². The molecule has 0 aromatic rings. The molecule has 0 aromatic heterocycles. The minimum absolute atomic E-state index is 0.246. The Labute approximate surface area is 70.9 Å². The summed E-state index contributed by atoms with van der Waals surface area (Å²) in [7, 11) is 1.93. The van der Waals surface area contributed by atoms with Gasteiger partial charge in [0.15, 0.2) is 0 Å². The second-order valence-corrected chi connectivity index (χ2v) is 4.59. The summed E-state index contributed by atoms with van der Waals surface area (Å²) in [6.45, 7) is 11.3. The minimum Gasteiger partial charge on any atom is -0.394 e. The summed E-state index contributed by atoms with van der Waals surface area (Å²) in [4.78, 5) is 0. The van der Waals surface area contributed by atoms with E-state index in [1.54, 1.807) is 0 Å². The first-order chi connectivity index (χ1) is 4.81. The van der Waals surface area contributed by atoms with E-state index in [1.165, 1.54) is 0 Å². The Morgan fingerprint density at radius 3 is 1.73 bits per heavy atom. The first-order valence-electron chi connectivity index (χ1n) is 4.16. The van der Waals surface area contributed by atoms with Gasteiger partial charge in [0.05, 0.1) is 0 Å². The highest BCUT2D eigenvalue weighted by Gasteiger charge is 2.29. The number of nitrogens with one attached hydrogen (secondary N) is 1. The third-order valence-electron chi connectivity index (χ3n) is 2.60. The molecule has 0 aliphatic carbocycles. The molecule has 0 fully saturated rings. The van der Waals surface area contributed by atoms with E-state index in [1.807, 2.05) is 13.2 Å². The molecular weight excluding hydrogens is 134 g/mol. The van der Waals surface area contributed by atoms with Gasteiger partial charge < -0.3 is 5.32 Å². The zero-order chi connectivity index (χ0) is 9.12. The highest BCUT2D eigenvalue weighted by atomic mass is 14.8. The van der Waals surface area contributed by atoms with E-state index in [9.17, 15) is 0 Å². The molecule has 0 saturated carbocycles. The molecule has 0 aromatic carbocycles. The molecule has 0 atom stereocenters. The average Bonchev–Trinajstić information content (AvgIpc) is 1.81. The topological polar surface area (TPSA) is 12.0 Å². The molecule has 1 heteroatoms. The third kappa shape index (κ3) is 2.96. The fourth-order valence-corrected chi connectivity index (χ4v) is 0.542. The van der Waals surface area contributed by atoms with E-state index in [-0.39, 0.29) is 5.41 Å². The van der Waals surface area contributed by atoms with Gasteiger partial charge in [0.25, 0.3) is 0 Å². The average molecular weight is 155 g/mol. The van der Waals surface area contributed by atoms with Crippen LogP contribution < -0.4 is 5.32 Å². The molecule has 0 rings (SSSR count). The Balaban J connectivity index is 4.34. The third-order valence-corrected chi connectivity index (χ3v) is 2.60. The van der Waals surface area contributed by atoms with Crippen molar-refractivity contribution in [1.29, 1.82) is 0 Å². The fraction of sp³-hybridized carbons (Fsp3) is 0.800. The van der Waals surface area contributed by atoms with Gasteiger partial charge in [-0.15, -0.1) is 0 Å². The van der Waals surface area contributed by atoms with Crippen LogP contribution in [0, 0.1) is 10.8 Å². The maximum atomic E-state index is 3.02. The standard InChI is InChI=1S/C10H21N/c1-9(2,3)10(4,5)7-8-11-6/h7-8,11H,1-6H3/b8-7-. The van der Waals surface area contributed by atoms with Crippen LogP contribution in [0.15, 0.2) is 12.3 Å². The van der Waals surface area contributed by atoms with Gasteiger partial charge in [-0.3, -0.25) is 0 Å². The Hall–Kier alpha value is -0.460. The van der Waals surface area contributed by atoms with Gasteiger partial charge in [-0.2, -0.15) is 0 Å². The Morgan fingerprint density at radius 1 is 1.00 bits per heavy atom. The summed E-state index contributed by atoms with van der Waals surface area (Å²) >= 11 is 0. The van der Waals surface area contributed by atoms with E-state index in [2.05, 4.69) is 46.0 Å². The molecule has 0 radical (unpaired) electrons. The van der Waals surface area contributed by atoms with Gasteiger partial charge >= 0.3 is 0 Å². The molecule has 0 aliphatic rings. The summed E-state index contributed by atoms with van der Waals surface area (Å²) < 4.78 is 0. The summed E-state index contributed by atoms with van der Waals surface area (Å²) in [6.07, 6.45) is 4.22. The molecule has 0 heterocycles. The Morgan fingerprint density at radius 2 is 1.45 bits per heavy atom. The normalized spacial score (nSPS) is 14.0. The van der Waals surface area contributed by atoms with Crippen LogP contribution in [0.25, 0.3) is 0 Å². The lowest BCUT2D eigenvalue weighted by Gasteiger charge is -2.36. The zero-order valence-electron chi connectivity index (χ0n) is 8.65. The zero-order valence-corrected chi connectivity index (χ0v) is 8.65. The summed E-state index contributed by atoms with van der Waals surface area (Å²) in [6, 6.07) is 0. The highest BCUT2D eigenvalue weighted by Crippen LogP contribution is 2.38. The molecule has 0 saturated heterocycles. The lowest BCUT2D eigenvalue weighted by Crippen LogP contribution is -2.27. The smallest absolute Gasteiger partial charge is 0.00276 e. The second-order valence-electron chi connectivity index (χ2n) is 4.59. The molecule has 0 unspecified atom stereocenters.